The van der Waals surface area contributed by atoms with E-state index in [0.717, 1.165) is 0 Å². The van der Waals surface area contributed by atoms with E-state index in [-0.39, 0.29) is 10.2 Å². The minimum absolute atomic E-state index is 0.190. The second kappa shape index (κ2) is 3.79. The number of hydrogen-bond donors (Lipinski definition) is 1. The Hall–Kier alpha value is -0.360. The van der Waals surface area contributed by atoms with Gasteiger partial charge in [0.25, 0.3) is 0 Å². The molecule has 13 heavy (non-hydrogen) atoms. The third kappa shape index (κ3) is 3.11. The number of rotatable bonds is 1. The van der Waals surface area contributed by atoms with Crippen molar-refractivity contribution >= 4 is 28.6 Å². The fourth-order valence-corrected chi connectivity index (χ4v) is 1.24. The summed E-state index contributed by atoms with van der Waals surface area (Å²) in [6.45, 7) is 0. The molecular weight excluding hydrogens is 269 g/mol. The van der Waals surface area contributed by atoms with Crippen molar-refractivity contribution in [2.75, 3.05) is 0 Å². The zero-order chi connectivity index (χ0) is 10.1. The Bertz CT molecular complexity index is 313. The molecule has 0 heterocycles. The van der Waals surface area contributed by atoms with E-state index in [1.54, 1.807) is 6.07 Å². The molecule has 0 aromatic heterocycles. The molecule has 1 nitrogen and oxygen atoms in total. The van der Waals surface area contributed by atoms with Crippen LogP contribution < -0.4 is 4.74 Å². The fourth-order valence-electron chi connectivity index (χ4n) is 0.703. The Kier molecular flexibility index (Phi) is 3.13. The van der Waals surface area contributed by atoms with Crippen LogP contribution in [0.2, 0.25) is 0 Å². The summed E-state index contributed by atoms with van der Waals surface area (Å²) >= 11 is 6.85. The van der Waals surface area contributed by atoms with Gasteiger partial charge in [0.2, 0.25) is 0 Å². The van der Waals surface area contributed by atoms with Crippen LogP contribution in [0.15, 0.2) is 27.6 Å². The first-order valence-corrected chi connectivity index (χ1v) is 4.37. The Balaban J connectivity index is 2.96. The Labute approximate surface area is 86.4 Å². The highest BCUT2D eigenvalue weighted by Crippen LogP contribution is 2.34. The topological polar surface area (TPSA) is 9.23 Å². The van der Waals surface area contributed by atoms with Crippen LogP contribution in [0.3, 0.4) is 0 Å². The van der Waals surface area contributed by atoms with E-state index in [2.05, 4.69) is 33.3 Å². The van der Waals surface area contributed by atoms with E-state index in [9.17, 15) is 13.2 Å². The first kappa shape index (κ1) is 10.7. The van der Waals surface area contributed by atoms with Gasteiger partial charge in [0, 0.05) is 4.90 Å². The fraction of sp³-hybridized carbons (Fsp3) is 0.143. The lowest BCUT2D eigenvalue weighted by Gasteiger charge is -2.10. The molecule has 0 saturated heterocycles. The number of benzene rings is 1. The van der Waals surface area contributed by atoms with Gasteiger partial charge >= 0.3 is 6.36 Å². The summed E-state index contributed by atoms with van der Waals surface area (Å²) in [6.07, 6.45) is -4.68. The highest BCUT2D eigenvalue weighted by molar-refractivity contribution is 9.10. The van der Waals surface area contributed by atoms with Crippen molar-refractivity contribution in [3.8, 4) is 5.75 Å². The molecule has 0 aliphatic heterocycles. The molecule has 0 saturated carbocycles. The zero-order valence-corrected chi connectivity index (χ0v) is 8.58. The zero-order valence-electron chi connectivity index (χ0n) is 6.10. The van der Waals surface area contributed by atoms with E-state index >= 15 is 0 Å². The molecule has 0 fully saturated rings. The van der Waals surface area contributed by atoms with Gasteiger partial charge in [-0.2, -0.15) is 0 Å². The summed E-state index contributed by atoms with van der Waals surface area (Å²) in [5.41, 5.74) is 0. The summed E-state index contributed by atoms with van der Waals surface area (Å²) in [5, 5.41) is 0. The predicted octanol–water partition coefficient (Wildman–Crippen LogP) is 3.64. The number of alkyl halides is 3. The molecule has 6 heteroatoms. The second-order valence-corrected chi connectivity index (χ2v) is 3.41. The largest absolute Gasteiger partial charge is 0.573 e. The molecular formula is C7H4BrF3OS. The lowest BCUT2D eigenvalue weighted by atomic mass is 10.3. The van der Waals surface area contributed by atoms with Crippen molar-refractivity contribution in [3.63, 3.8) is 0 Å². The van der Waals surface area contributed by atoms with Gasteiger partial charge in [0.05, 0.1) is 4.47 Å². The van der Waals surface area contributed by atoms with Crippen molar-refractivity contribution in [2.45, 2.75) is 11.3 Å². The maximum Gasteiger partial charge on any atom is 0.573 e. The van der Waals surface area contributed by atoms with E-state index < -0.39 is 6.36 Å². The normalized spacial score (nSPS) is 11.5. The average Bonchev–Trinajstić information content (AvgIpc) is 1.96. The summed E-state index contributed by atoms with van der Waals surface area (Å²) in [4.78, 5) is 0.391. The first-order valence-electron chi connectivity index (χ1n) is 3.13. The van der Waals surface area contributed by atoms with Crippen molar-refractivity contribution in [1.82, 2.24) is 0 Å². The standard InChI is InChI=1S/C7H4BrF3OS/c8-6-4(12-7(9,10)11)2-1-3-5(6)13/h1-3,13H. The first-order chi connectivity index (χ1) is 5.90. The number of ether oxygens (including phenoxy) is 1. The Morgan fingerprint density at radius 3 is 2.46 bits per heavy atom. The maximum atomic E-state index is 11.8. The maximum absolute atomic E-state index is 11.8. The van der Waals surface area contributed by atoms with Crippen LogP contribution in [0.5, 0.6) is 5.75 Å². The highest BCUT2D eigenvalue weighted by Gasteiger charge is 2.32. The lowest BCUT2D eigenvalue weighted by Crippen LogP contribution is -2.17. The van der Waals surface area contributed by atoms with Crippen molar-refractivity contribution in [3.05, 3.63) is 22.7 Å². The molecule has 0 bridgehead atoms. The van der Waals surface area contributed by atoms with E-state index in [4.69, 9.17) is 0 Å². The van der Waals surface area contributed by atoms with Crippen LogP contribution in [0, 0.1) is 0 Å². The Morgan fingerprint density at radius 2 is 1.92 bits per heavy atom. The van der Waals surface area contributed by atoms with Crippen LogP contribution in [0.4, 0.5) is 13.2 Å². The highest BCUT2D eigenvalue weighted by atomic mass is 79.9. The van der Waals surface area contributed by atoms with Gasteiger partial charge in [-0.1, -0.05) is 6.07 Å². The van der Waals surface area contributed by atoms with Gasteiger partial charge in [-0.25, -0.2) is 0 Å². The monoisotopic (exact) mass is 272 g/mol. The van der Waals surface area contributed by atoms with Crippen LogP contribution in [-0.4, -0.2) is 6.36 Å². The van der Waals surface area contributed by atoms with Crippen LogP contribution in [0.25, 0.3) is 0 Å². The number of thiol groups is 1. The summed E-state index contributed by atoms with van der Waals surface area (Å²) < 4.78 is 39.3. The summed E-state index contributed by atoms with van der Waals surface area (Å²) in [7, 11) is 0. The van der Waals surface area contributed by atoms with Gasteiger partial charge in [0.15, 0.2) is 0 Å². The van der Waals surface area contributed by atoms with Crippen LogP contribution in [-0.2, 0) is 0 Å². The van der Waals surface area contributed by atoms with E-state index in [1.165, 1.54) is 12.1 Å². The molecule has 0 radical (unpaired) electrons. The van der Waals surface area contributed by atoms with Crippen LogP contribution in [0.1, 0.15) is 0 Å². The van der Waals surface area contributed by atoms with Crippen LogP contribution >= 0.6 is 28.6 Å². The third-order valence-corrected chi connectivity index (χ3v) is 2.67. The Morgan fingerprint density at radius 1 is 1.31 bits per heavy atom. The average molecular weight is 273 g/mol. The van der Waals surface area contributed by atoms with Gasteiger partial charge in [-0.15, -0.1) is 25.8 Å². The van der Waals surface area contributed by atoms with E-state index in [0.29, 0.717) is 4.90 Å². The summed E-state index contributed by atoms with van der Waals surface area (Å²) in [6, 6.07) is 4.18. The molecule has 0 atom stereocenters. The molecule has 72 valence electrons. The number of halogens is 4. The summed E-state index contributed by atoms with van der Waals surface area (Å²) in [5.74, 6) is -0.292. The van der Waals surface area contributed by atoms with Crippen molar-refractivity contribution in [1.29, 1.82) is 0 Å². The van der Waals surface area contributed by atoms with Gasteiger partial charge < -0.3 is 4.74 Å². The van der Waals surface area contributed by atoms with Crippen molar-refractivity contribution < 1.29 is 17.9 Å². The molecule has 0 spiro atoms. The molecule has 1 aromatic rings. The van der Waals surface area contributed by atoms with E-state index in [1.807, 2.05) is 0 Å². The van der Waals surface area contributed by atoms with Crippen molar-refractivity contribution in [2.24, 2.45) is 0 Å². The lowest BCUT2D eigenvalue weighted by molar-refractivity contribution is -0.275. The molecule has 0 N–H and O–H groups in total. The molecule has 0 aliphatic carbocycles. The molecule has 0 amide bonds. The third-order valence-electron chi connectivity index (χ3n) is 1.17. The quantitative estimate of drug-likeness (QED) is 0.768. The SMILES string of the molecule is FC(F)(F)Oc1cccc(S)c1Br. The van der Waals surface area contributed by atoms with Gasteiger partial charge in [0.1, 0.15) is 5.75 Å². The van der Waals surface area contributed by atoms with Gasteiger partial charge in [-0.3, -0.25) is 0 Å². The molecule has 1 rings (SSSR count). The smallest absolute Gasteiger partial charge is 0.405 e. The second-order valence-electron chi connectivity index (χ2n) is 2.14. The minimum Gasteiger partial charge on any atom is -0.405 e. The molecule has 1 aromatic carbocycles. The predicted molar refractivity (Wildman–Crippen MR) is 48.1 cm³/mol. The molecule has 0 unspecified atom stereocenters. The molecule has 0 aliphatic rings. The minimum atomic E-state index is -4.68. The van der Waals surface area contributed by atoms with Gasteiger partial charge in [-0.05, 0) is 28.1 Å². The number of hydrogen-bond acceptors (Lipinski definition) is 2.